The second-order valence-electron chi connectivity index (χ2n) is 7.10. The second kappa shape index (κ2) is 5.96. The Morgan fingerprint density at radius 1 is 1.19 bits per heavy atom. The molecule has 0 amide bonds. The first-order valence-corrected chi connectivity index (χ1v) is 8.44. The fourth-order valence-corrected chi connectivity index (χ4v) is 4.25. The van der Waals surface area contributed by atoms with Crippen LogP contribution in [-0.2, 0) is 7.05 Å². The number of carbonyl (C=O) groups excluding carboxylic acids is 1. The molecule has 1 aliphatic heterocycles. The van der Waals surface area contributed by atoms with E-state index in [1.807, 2.05) is 20.0 Å². The van der Waals surface area contributed by atoms with Crippen molar-refractivity contribution in [1.82, 2.24) is 9.47 Å². The fourth-order valence-electron chi connectivity index (χ4n) is 4.25. The number of rotatable bonds is 3. The Morgan fingerprint density at radius 2 is 1.90 bits per heavy atom. The minimum Gasteiger partial charge on any atom is -0.351 e. The molecule has 1 saturated carbocycles. The zero-order chi connectivity index (χ0) is 15.0. The van der Waals surface area contributed by atoms with E-state index in [1.54, 1.807) is 0 Å². The topological polar surface area (TPSA) is 25.2 Å². The first-order valence-electron chi connectivity index (χ1n) is 8.44. The van der Waals surface area contributed by atoms with Gasteiger partial charge in [-0.2, -0.15) is 0 Å². The number of ketones is 1. The monoisotopic (exact) mass is 288 g/mol. The maximum atomic E-state index is 12.6. The van der Waals surface area contributed by atoms with Crippen molar-refractivity contribution in [2.24, 2.45) is 18.9 Å². The summed E-state index contributed by atoms with van der Waals surface area (Å²) in [6, 6.07) is 2.05. The average Bonchev–Trinajstić information content (AvgIpc) is 2.75. The molecule has 0 radical (unpaired) electrons. The molecule has 3 heteroatoms. The molecule has 2 fully saturated rings. The number of Topliss-reactive ketones (excluding diaryl/α,β-unsaturated/α-hetero) is 1. The number of likely N-dealkylation sites (tertiary alicyclic amines) is 1. The SMILES string of the molecule is Cc1cc(C(=O)CN2CCC3CCCCC3C2)c(C)n1C. The quantitative estimate of drug-likeness (QED) is 0.797. The third kappa shape index (κ3) is 2.94. The largest absolute Gasteiger partial charge is 0.351 e. The molecule has 0 spiro atoms. The Hall–Kier alpha value is -1.09. The lowest BCUT2D eigenvalue weighted by molar-refractivity contribution is 0.0712. The van der Waals surface area contributed by atoms with Crippen LogP contribution in [0, 0.1) is 25.7 Å². The van der Waals surface area contributed by atoms with Crippen LogP contribution in [0.2, 0.25) is 0 Å². The maximum absolute atomic E-state index is 12.6. The van der Waals surface area contributed by atoms with Crippen molar-refractivity contribution < 1.29 is 4.79 Å². The Balaban J connectivity index is 1.63. The number of piperidine rings is 1. The van der Waals surface area contributed by atoms with Crippen LogP contribution in [0.4, 0.5) is 0 Å². The van der Waals surface area contributed by atoms with E-state index < -0.39 is 0 Å². The highest BCUT2D eigenvalue weighted by molar-refractivity contribution is 5.99. The number of aromatic nitrogens is 1. The third-order valence-corrected chi connectivity index (χ3v) is 5.82. The summed E-state index contributed by atoms with van der Waals surface area (Å²) in [5.74, 6) is 2.08. The van der Waals surface area contributed by atoms with Crippen molar-refractivity contribution in [2.45, 2.75) is 46.0 Å². The van der Waals surface area contributed by atoms with E-state index >= 15 is 0 Å². The lowest BCUT2D eigenvalue weighted by Crippen LogP contribution is -2.43. The summed E-state index contributed by atoms with van der Waals surface area (Å²) in [6.45, 7) is 6.97. The highest BCUT2D eigenvalue weighted by Gasteiger charge is 2.31. The summed E-state index contributed by atoms with van der Waals surface area (Å²) in [6.07, 6.45) is 6.90. The van der Waals surface area contributed by atoms with Gasteiger partial charge in [0.1, 0.15) is 0 Å². The predicted molar refractivity (Wildman–Crippen MR) is 85.7 cm³/mol. The second-order valence-corrected chi connectivity index (χ2v) is 7.10. The molecule has 3 rings (SSSR count). The van der Waals surface area contributed by atoms with Crippen LogP contribution in [0.25, 0.3) is 0 Å². The molecule has 116 valence electrons. The highest BCUT2D eigenvalue weighted by atomic mass is 16.1. The normalized spacial score (nSPS) is 26.6. The van der Waals surface area contributed by atoms with Gasteiger partial charge in [-0.05, 0) is 51.1 Å². The summed E-state index contributed by atoms with van der Waals surface area (Å²) in [5, 5.41) is 0. The Morgan fingerprint density at radius 3 is 2.57 bits per heavy atom. The number of carbonyl (C=O) groups is 1. The van der Waals surface area contributed by atoms with Crippen molar-refractivity contribution in [2.75, 3.05) is 19.6 Å². The van der Waals surface area contributed by atoms with Gasteiger partial charge in [0.05, 0.1) is 6.54 Å². The summed E-state index contributed by atoms with van der Waals surface area (Å²) < 4.78 is 2.11. The van der Waals surface area contributed by atoms with E-state index in [1.165, 1.54) is 37.8 Å². The summed E-state index contributed by atoms with van der Waals surface area (Å²) >= 11 is 0. The molecule has 2 aliphatic rings. The molecule has 3 nitrogen and oxygen atoms in total. The van der Waals surface area contributed by atoms with Crippen molar-refractivity contribution in [3.05, 3.63) is 23.0 Å². The van der Waals surface area contributed by atoms with Gasteiger partial charge in [0.2, 0.25) is 0 Å². The maximum Gasteiger partial charge on any atom is 0.178 e. The van der Waals surface area contributed by atoms with Crippen LogP contribution in [0.1, 0.15) is 53.8 Å². The van der Waals surface area contributed by atoms with Gasteiger partial charge in [-0.25, -0.2) is 0 Å². The zero-order valence-corrected chi connectivity index (χ0v) is 13.7. The van der Waals surface area contributed by atoms with Gasteiger partial charge in [0.25, 0.3) is 0 Å². The highest BCUT2D eigenvalue weighted by Crippen LogP contribution is 2.36. The molecule has 1 aromatic heterocycles. The van der Waals surface area contributed by atoms with Gasteiger partial charge in [0.15, 0.2) is 5.78 Å². The summed E-state index contributed by atoms with van der Waals surface area (Å²) in [4.78, 5) is 15.0. The number of hydrogen-bond donors (Lipinski definition) is 0. The Kier molecular flexibility index (Phi) is 4.21. The smallest absolute Gasteiger partial charge is 0.178 e. The molecular weight excluding hydrogens is 260 g/mol. The van der Waals surface area contributed by atoms with Gasteiger partial charge < -0.3 is 4.57 Å². The molecule has 2 unspecified atom stereocenters. The number of fused-ring (bicyclic) bond motifs is 1. The van der Waals surface area contributed by atoms with Crippen molar-refractivity contribution in [1.29, 1.82) is 0 Å². The first-order chi connectivity index (χ1) is 10.1. The van der Waals surface area contributed by atoms with E-state index in [9.17, 15) is 4.79 Å². The van der Waals surface area contributed by atoms with Crippen molar-refractivity contribution in [3.63, 3.8) is 0 Å². The average molecular weight is 288 g/mol. The van der Waals surface area contributed by atoms with Crippen LogP contribution >= 0.6 is 0 Å². The van der Waals surface area contributed by atoms with E-state index in [4.69, 9.17) is 0 Å². The fraction of sp³-hybridized carbons (Fsp3) is 0.722. The molecule has 1 aromatic rings. The van der Waals surface area contributed by atoms with E-state index in [2.05, 4.69) is 16.4 Å². The zero-order valence-electron chi connectivity index (χ0n) is 13.7. The van der Waals surface area contributed by atoms with Gasteiger partial charge in [-0.15, -0.1) is 0 Å². The van der Waals surface area contributed by atoms with Crippen molar-refractivity contribution >= 4 is 5.78 Å². The van der Waals surface area contributed by atoms with Gasteiger partial charge in [0, 0.05) is 30.5 Å². The Bertz CT molecular complexity index is 532. The molecular formula is C18H28N2O. The van der Waals surface area contributed by atoms with Crippen LogP contribution in [0.5, 0.6) is 0 Å². The van der Waals surface area contributed by atoms with Crippen LogP contribution in [0.3, 0.4) is 0 Å². The van der Waals surface area contributed by atoms with E-state index in [0.717, 1.165) is 36.2 Å². The van der Waals surface area contributed by atoms with Crippen LogP contribution in [-0.4, -0.2) is 34.9 Å². The number of hydrogen-bond acceptors (Lipinski definition) is 2. The number of aryl methyl sites for hydroxylation is 1. The van der Waals surface area contributed by atoms with E-state index in [0.29, 0.717) is 12.3 Å². The van der Waals surface area contributed by atoms with Gasteiger partial charge in [-0.3, -0.25) is 9.69 Å². The molecule has 2 atom stereocenters. The molecule has 0 aromatic carbocycles. The molecule has 0 bridgehead atoms. The predicted octanol–water partition coefficient (Wildman–Crippen LogP) is 3.34. The van der Waals surface area contributed by atoms with Gasteiger partial charge >= 0.3 is 0 Å². The van der Waals surface area contributed by atoms with Gasteiger partial charge in [-0.1, -0.05) is 19.3 Å². The molecule has 21 heavy (non-hydrogen) atoms. The third-order valence-electron chi connectivity index (χ3n) is 5.82. The molecule has 0 N–H and O–H groups in total. The molecule has 1 aliphatic carbocycles. The lowest BCUT2D eigenvalue weighted by Gasteiger charge is -2.41. The minimum absolute atomic E-state index is 0.297. The first kappa shape index (κ1) is 14.8. The minimum atomic E-state index is 0.297. The Labute approximate surface area is 128 Å². The molecule has 1 saturated heterocycles. The van der Waals surface area contributed by atoms with Crippen LogP contribution in [0.15, 0.2) is 6.07 Å². The summed E-state index contributed by atoms with van der Waals surface area (Å²) in [7, 11) is 2.04. The van der Waals surface area contributed by atoms with Crippen molar-refractivity contribution in [3.8, 4) is 0 Å². The van der Waals surface area contributed by atoms with E-state index in [-0.39, 0.29) is 0 Å². The summed E-state index contributed by atoms with van der Waals surface area (Å²) in [5.41, 5.74) is 3.19. The number of nitrogens with zero attached hydrogens (tertiary/aromatic N) is 2. The lowest BCUT2D eigenvalue weighted by atomic mass is 9.75. The standard InChI is InChI=1S/C18H28N2O/c1-13-10-17(14(2)19(13)3)18(21)12-20-9-8-15-6-4-5-7-16(15)11-20/h10,15-16H,4-9,11-12H2,1-3H3. The van der Waals surface area contributed by atoms with Crippen LogP contribution < -0.4 is 0 Å². The molecule has 2 heterocycles.